The zero-order valence-corrected chi connectivity index (χ0v) is 11.5. The Morgan fingerprint density at radius 2 is 2.00 bits per heavy atom. The van der Waals surface area contributed by atoms with Gasteiger partial charge in [0.1, 0.15) is 0 Å². The van der Waals surface area contributed by atoms with E-state index in [4.69, 9.17) is 4.74 Å². The van der Waals surface area contributed by atoms with Crippen LogP contribution in [0.4, 0.5) is 14.5 Å². The summed E-state index contributed by atoms with van der Waals surface area (Å²) >= 11 is 1.94. The molecule has 0 aromatic heterocycles. The molecule has 1 heterocycles. The second-order valence-corrected chi connectivity index (χ2v) is 5.50. The molecular formula is C13H17F2NO2S. The lowest BCUT2D eigenvalue weighted by atomic mass is 10.1. The predicted octanol–water partition coefficient (Wildman–Crippen LogP) is 3.60. The topological polar surface area (TPSA) is 30.5 Å². The molecule has 1 aliphatic rings. The van der Waals surface area contributed by atoms with Gasteiger partial charge in [0.2, 0.25) is 0 Å². The van der Waals surface area contributed by atoms with Crippen LogP contribution in [0.1, 0.15) is 12.8 Å². The molecule has 1 saturated heterocycles. The van der Waals surface area contributed by atoms with E-state index >= 15 is 0 Å². The fourth-order valence-corrected chi connectivity index (χ4v) is 3.14. The number of thioether (sulfide) groups is 1. The molecule has 0 bridgehead atoms. The number of hydrogen-bond acceptors (Lipinski definition) is 4. The van der Waals surface area contributed by atoms with E-state index in [1.54, 1.807) is 12.1 Å². The van der Waals surface area contributed by atoms with Gasteiger partial charge in [0.05, 0.1) is 7.11 Å². The Morgan fingerprint density at radius 3 is 2.63 bits per heavy atom. The van der Waals surface area contributed by atoms with Crippen molar-refractivity contribution in [2.24, 2.45) is 0 Å². The number of nitrogens with one attached hydrogen (secondary N) is 1. The molecule has 106 valence electrons. The van der Waals surface area contributed by atoms with Crippen LogP contribution in [0, 0.1) is 0 Å². The summed E-state index contributed by atoms with van der Waals surface area (Å²) in [6, 6.07) is 5.41. The number of alkyl halides is 2. The molecule has 1 fully saturated rings. The highest BCUT2D eigenvalue weighted by atomic mass is 32.2. The average molecular weight is 289 g/mol. The van der Waals surface area contributed by atoms with Crippen molar-refractivity contribution < 1.29 is 18.3 Å². The van der Waals surface area contributed by atoms with Gasteiger partial charge in [-0.25, -0.2) is 0 Å². The molecule has 0 radical (unpaired) electrons. The molecule has 0 spiro atoms. The Kier molecular flexibility index (Phi) is 5.13. The lowest BCUT2D eigenvalue weighted by Gasteiger charge is -2.24. The first-order valence-corrected chi connectivity index (χ1v) is 7.31. The molecular weight excluding hydrogens is 272 g/mol. The van der Waals surface area contributed by atoms with Crippen LogP contribution < -0.4 is 14.8 Å². The van der Waals surface area contributed by atoms with Gasteiger partial charge in [-0.2, -0.15) is 20.5 Å². The monoisotopic (exact) mass is 289 g/mol. The number of anilines is 1. The van der Waals surface area contributed by atoms with Gasteiger partial charge in [0.25, 0.3) is 0 Å². The molecule has 19 heavy (non-hydrogen) atoms. The van der Waals surface area contributed by atoms with Crippen LogP contribution >= 0.6 is 11.8 Å². The van der Waals surface area contributed by atoms with Crippen LogP contribution in [0.25, 0.3) is 0 Å². The molecule has 0 aliphatic carbocycles. The smallest absolute Gasteiger partial charge is 0.387 e. The first-order chi connectivity index (χ1) is 9.19. The van der Waals surface area contributed by atoms with E-state index in [0.29, 0.717) is 11.8 Å². The summed E-state index contributed by atoms with van der Waals surface area (Å²) in [5.41, 5.74) is 0.786. The molecule has 0 atom stereocenters. The minimum Gasteiger partial charge on any atom is -0.493 e. The summed E-state index contributed by atoms with van der Waals surface area (Å²) in [4.78, 5) is 0. The fraction of sp³-hybridized carbons (Fsp3) is 0.538. The maximum absolute atomic E-state index is 12.3. The third kappa shape index (κ3) is 4.16. The Morgan fingerprint density at radius 1 is 1.26 bits per heavy atom. The number of rotatable bonds is 5. The van der Waals surface area contributed by atoms with E-state index in [-0.39, 0.29) is 5.75 Å². The van der Waals surface area contributed by atoms with Crippen molar-refractivity contribution in [2.75, 3.05) is 23.9 Å². The number of ether oxygens (including phenoxy) is 2. The van der Waals surface area contributed by atoms with Crippen LogP contribution in [0.2, 0.25) is 0 Å². The quantitative estimate of drug-likeness (QED) is 0.897. The van der Waals surface area contributed by atoms with Crippen molar-refractivity contribution in [1.82, 2.24) is 0 Å². The highest BCUT2D eigenvalue weighted by molar-refractivity contribution is 7.99. The van der Waals surface area contributed by atoms with E-state index in [0.717, 1.165) is 30.0 Å². The van der Waals surface area contributed by atoms with E-state index in [1.807, 2.05) is 17.8 Å². The lowest BCUT2D eigenvalue weighted by molar-refractivity contribution is -0.0511. The molecule has 1 aromatic carbocycles. The Bertz CT molecular complexity index is 412. The normalized spacial score (nSPS) is 16.4. The first kappa shape index (κ1) is 14.2. The standard InChI is InChI=1S/C13H17F2NO2S/c1-17-11-3-2-10(8-12(11)18-13(14)15)16-9-4-6-19-7-5-9/h2-3,8-9,13,16H,4-7H2,1H3. The number of halogens is 2. The van der Waals surface area contributed by atoms with Gasteiger partial charge < -0.3 is 14.8 Å². The molecule has 1 aromatic rings. The van der Waals surface area contributed by atoms with Crippen molar-refractivity contribution >= 4 is 17.4 Å². The van der Waals surface area contributed by atoms with Crippen molar-refractivity contribution in [3.05, 3.63) is 18.2 Å². The Balaban J connectivity index is 2.07. The lowest BCUT2D eigenvalue weighted by Crippen LogP contribution is -2.24. The van der Waals surface area contributed by atoms with E-state index in [1.165, 1.54) is 7.11 Å². The molecule has 1 aliphatic heterocycles. The Labute approximate surface area is 115 Å². The van der Waals surface area contributed by atoms with Gasteiger partial charge in [-0.1, -0.05) is 0 Å². The Hall–Kier alpha value is -1.17. The first-order valence-electron chi connectivity index (χ1n) is 6.16. The molecule has 1 N–H and O–H groups in total. The van der Waals surface area contributed by atoms with Crippen molar-refractivity contribution in [1.29, 1.82) is 0 Å². The van der Waals surface area contributed by atoms with Crippen LogP contribution in [-0.2, 0) is 0 Å². The second kappa shape index (κ2) is 6.84. The van der Waals surface area contributed by atoms with E-state index < -0.39 is 6.61 Å². The molecule has 6 heteroatoms. The minimum absolute atomic E-state index is 0.0627. The van der Waals surface area contributed by atoms with Crippen molar-refractivity contribution in [2.45, 2.75) is 25.5 Å². The van der Waals surface area contributed by atoms with Gasteiger partial charge in [0, 0.05) is 17.8 Å². The second-order valence-electron chi connectivity index (χ2n) is 4.28. The van der Waals surface area contributed by atoms with Gasteiger partial charge >= 0.3 is 6.61 Å². The predicted molar refractivity (Wildman–Crippen MR) is 73.6 cm³/mol. The SMILES string of the molecule is COc1ccc(NC2CCSCC2)cc1OC(F)F. The van der Waals surface area contributed by atoms with E-state index in [2.05, 4.69) is 10.1 Å². The average Bonchev–Trinajstić information content (AvgIpc) is 2.39. The van der Waals surface area contributed by atoms with Gasteiger partial charge in [-0.15, -0.1) is 0 Å². The minimum atomic E-state index is -2.85. The van der Waals surface area contributed by atoms with Crippen molar-refractivity contribution in [3.63, 3.8) is 0 Å². The summed E-state index contributed by atoms with van der Waals surface area (Å²) < 4.78 is 34.1. The third-order valence-corrected chi connectivity index (χ3v) is 4.02. The van der Waals surface area contributed by atoms with Crippen LogP contribution in [0.15, 0.2) is 18.2 Å². The molecule has 0 saturated carbocycles. The molecule has 0 unspecified atom stereocenters. The zero-order chi connectivity index (χ0) is 13.7. The zero-order valence-electron chi connectivity index (χ0n) is 10.7. The van der Waals surface area contributed by atoms with Crippen LogP contribution in [-0.4, -0.2) is 31.3 Å². The van der Waals surface area contributed by atoms with Crippen molar-refractivity contribution in [3.8, 4) is 11.5 Å². The molecule has 0 amide bonds. The number of benzene rings is 1. The largest absolute Gasteiger partial charge is 0.493 e. The maximum Gasteiger partial charge on any atom is 0.387 e. The summed E-state index contributed by atoms with van der Waals surface area (Å²) in [5.74, 6) is 2.64. The number of methoxy groups -OCH3 is 1. The fourth-order valence-electron chi connectivity index (χ4n) is 2.03. The van der Waals surface area contributed by atoms with Gasteiger partial charge in [0.15, 0.2) is 11.5 Å². The maximum atomic E-state index is 12.3. The summed E-state index contributed by atoms with van der Waals surface area (Å²) in [5, 5.41) is 3.35. The third-order valence-electron chi connectivity index (χ3n) is 2.97. The summed E-state index contributed by atoms with van der Waals surface area (Å²) in [7, 11) is 1.43. The summed E-state index contributed by atoms with van der Waals surface area (Å²) in [6.07, 6.45) is 2.17. The highest BCUT2D eigenvalue weighted by Crippen LogP contribution is 2.32. The van der Waals surface area contributed by atoms with E-state index in [9.17, 15) is 8.78 Å². The molecule has 3 nitrogen and oxygen atoms in total. The number of hydrogen-bond donors (Lipinski definition) is 1. The molecule has 2 rings (SSSR count). The van der Waals surface area contributed by atoms with Crippen LogP contribution in [0.5, 0.6) is 11.5 Å². The van der Waals surface area contributed by atoms with Crippen LogP contribution in [0.3, 0.4) is 0 Å². The highest BCUT2D eigenvalue weighted by Gasteiger charge is 2.15. The summed E-state index contributed by atoms with van der Waals surface area (Å²) in [6.45, 7) is -2.85. The van der Waals surface area contributed by atoms with Gasteiger partial charge in [-0.3, -0.25) is 0 Å². The van der Waals surface area contributed by atoms with Gasteiger partial charge in [-0.05, 0) is 36.5 Å².